The molecule has 0 bridgehead atoms. The van der Waals surface area contributed by atoms with Crippen LogP contribution in [-0.4, -0.2) is 5.78 Å². The Morgan fingerprint density at radius 3 is 2.00 bits per heavy atom. The van der Waals surface area contributed by atoms with E-state index in [1.54, 1.807) is 0 Å². The molecule has 0 saturated carbocycles. The molecule has 0 heterocycles. The smallest absolute Gasteiger partial charge is 0.191 e. The van der Waals surface area contributed by atoms with Gasteiger partial charge in [-0.3, -0.25) is 4.79 Å². The number of fused-ring (bicyclic) bond motifs is 4. The van der Waals surface area contributed by atoms with Crippen LogP contribution < -0.4 is 5.32 Å². The van der Waals surface area contributed by atoms with Crippen LogP contribution in [0.5, 0.6) is 0 Å². The number of hydrogen-bond acceptors (Lipinski definition) is 2. The summed E-state index contributed by atoms with van der Waals surface area (Å²) in [5.41, 5.74) is 9.04. The number of Topliss-reactive ketones (excluding diaryl/α,β-unsaturated/α-hetero) is 1. The maximum Gasteiger partial charge on any atom is 0.191 e. The monoisotopic (exact) mass is 351 g/mol. The zero-order chi connectivity index (χ0) is 18.4. The first-order valence-corrected chi connectivity index (χ1v) is 9.51. The summed E-state index contributed by atoms with van der Waals surface area (Å²) in [6.07, 6.45) is 1.72. The fraction of sp³-hybridized carbons (Fsp3) is 0.160. The Morgan fingerprint density at radius 1 is 0.778 bits per heavy atom. The summed E-state index contributed by atoms with van der Waals surface area (Å²) in [4.78, 5) is 13.0. The van der Waals surface area contributed by atoms with E-state index in [4.69, 9.17) is 0 Å². The van der Waals surface area contributed by atoms with E-state index in [2.05, 4.69) is 59.9 Å². The summed E-state index contributed by atoms with van der Waals surface area (Å²) in [6.45, 7) is 2.05. The van der Waals surface area contributed by atoms with E-state index in [-0.39, 0.29) is 11.8 Å². The second-order valence-corrected chi connectivity index (χ2v) is 7.34. The van der Waals surface area contributed by atoms with E-state index in [9.17, 15) is 4.79 Å². The first kappa shape index (κ1) is 16.1. The molecule has 1 N–H and O–H groups in total. The number of hydrogen-bond donors (Lipinski definition) is 1. The third kappa shape index (κ3) is 2.52. The molecule has 2 nitrogen and oxygen atoms in total. The van der Waals surface area contributed by atoms with Crippen molar-refractivity contribution in [3.05, 3.63) is 106 Å². The van der Waals surface area contributed by atoms with Crippen molar-refractivity contribution in [3.8, 4) is 11.1 Å². The van der Waals surface area contributed by atoms with Gasteiger partial charge in [0, 0.05) is 16.8 Å². The van der Waals surface area contributed by atoms with Gasteiger partial charge in [-0.1, -0.05) is 72.8 Å². The van der Waals surface area contributed by atoms with Gasteiger partial charge in [0.25, 0.3) is 0 Å². The van der Waals surface area contributed by atoms with Crippen LogP contribution >= 0.6 is 0 Å². The average molecular weight is 351 g/mol. The third-order valence-electron chi connectivity index (χ3n) is 5.83. The lowest BCUT2D eigenvalue weighted by Gasteiger charge is -2.23. The molecule has 0 saturated heterocycles. The zero-order valence-electron chi connectivity index (χ0n) is 15.3. The van der Waals surface area contributed by atoms with Crippen LogP contribution in [0.25, 0.3) is 11.1 Å². The van der Waals surface area contributed by atoms with Crippen LogP contribution in [-0.2, 0) is 6.42 Å². The van der Waals surface area contributed by atoms with Crippen LogP contribution in [0.3, 0.4) is 0 Å². The number of aryl methyl sites for hydroxylation is 1. The van der Waals surface area contributed by atoms with Crippen LogP contribution in [0, 0.1) is 0 Å². The van der Waals surface area contributed by atoms with Crippen LogP contribution in [0.15, 0.2) is 84.1 Å². The van der Waals surface area contributed by atoms with E-state index in [0.29, 0.717) is 0 Å². The van der Waals surface area contributed by atoms with Crippen molar-refractivity contribution < 1.29 is 4.79 Å². The molecule has 5 rings (SSSR count). The van der Waals surface area contributed by atoms with Crippen molar-refractivity contribution in [3.63, 3.8) is 0 Å². The molecule has 132 valence electrons. The first-order chi connectivity index (χ1) is 13.2. The number of carbonyl (C=O) groups excluding carboxylic acids is 1. The molecule has 2 aliphatic carbocycles. The van der Waals surface area contributed by atoms with E-state index in [1.165, 1.54) is 22.3 Å². The van der Waals surface area contributed by atoms with Crippen molar-refractivity contribution in [2.45, 2.75) is 25.8 Å². The standard InChI is InChI=1S/C25H21NO/c1-16(18-15-14-17-8-2-3-9-19(17)25(18)27)26-24-22-12-6-4-10-20(22)21-11-5-7-13-23(21)24/h2-13,24,26H,14-15H2,1H3/b18-16+. The predicted molar refractivity (Wildman–Crippen MR) is 109 cm³/mol. The number of rotatable bonds is 2. The van der Waals surface area contributed by atoms with Gasteiger partial charge in [-0.25, -0.2) is 0 Å². The van der Waals surface area contributed by atoms with Gasteiger partial charge >= 0.3 is 0 Å². The van der Waals surface area contributed by atoms with Gasteiger partial charge in [0.05, 0.1) is 6.04 Å². The fourth-order valence-corrected chi connectivity index (χ4v) is 4.47. The minimum absolute atomic E-state index is 0.0925. The van der Waals surface area contributed by atoms with Crippen molar-refractivity contribution in [1.29, 1.82) is 0 Å². The summed E-state index contributed by atoms with van der Waals surface area (Å²) >= 11 is 0. The van der Waals surface area contributed by atoms with E-state index >= 15 is 0 Å². The van der Waals surface area contributed by atoms with E-state index in [1.807, 2.05) is 25.1 Å². The minimum Gasteiger partial charge on any atom is -0.377 e. The largest absolute Gasteiger partial charge is 0.377 e. The highest BCUT2D eigenvalue weighted by Gasteiger charge is 2.29. The molecule has 3 aromatic carbocycles. The third-order valence-corrected chi connectivity index (χ3v) is 5.83. The summed E-state index contributed by atoms with van der Waals surface area (Å²) in [5, 5.41) is 3.68. The molecule has 0 spiro atoms. The maximum atomic E-state index is 13.0. The van der Waals surface area contributed by atoms with Crippen LogP contribution in [0.1, 0.15) is 46.4 Å². The van der Waals surface area contributed by atoms with Crippen LogP contribution in [0.2, 0.25) is 0 Å². The maximum absolute atomic E-state index is 13.0. The molecular weight excluding hydrogens is 330 g/mol. The Hall–Kier alpha value is -3.13. The molecule has 0 fully saturated rings. The lowest BCUT2D eigenvalue weighted by atomic mass is 9.86. The van der Waals surface area contributed by atoms with Crippen molar-refractivity contribution >= 4 is 5.78 Å². The van der Waals surface area contributed by atoms with Gasteiger partial charge < -0.3 is 5.32 Å². The van der Waals surface area contributed by atoms with Gasteiger partial charge in [0.2, 0.25) is 0 Å². The Balaban J connectivity index is 1.54. The summed E-state index contributed by atoms with van der Waals surface area (Å²) < 4.78 is 0. The van der Waals surface area contributed by atoms with Gasteiger partial charge in [-0.2, -0.15) is 0 Å². The van der Waals surface area contributed by atoms with Crippen molar-refractivity contribution in [2.24, 2.45) is 0 Å². The predicted octanol–water partition coefficient (Wildman–Crippen LogP) is 5.45. The summed E-state index contributed by atoms with van der Waals surface area (Å²) in [7, 11) is 0. The molecule has 27 heavy (non-hydrogen) atoms. The first-order valence-electron chi connectivity index (χ1n) is 9.51. The SMILES string of the molecule is C/C(NC1c2ccccc2-c2ccccc21)=C1/CCc2ccccc2C1=O. The van der Waals surface area contributed by atoms with Crippen molar-refractivity contribution in [2.75, 3.05) is 0 Å². The van der Waals surface area contributed by atoms with E-state index < -0.39 is 0 Å². The normalized spacial score (nSPS) is 17.1. The molecule has 0 radical (unpaired) electrons. The van der Waals surface area contributed by atoms with Gasteiger partial charge in [0.15, 0.2) is 5.78 Å². The summed E-state index contributed by atoms with van der Waals surface area (Å²) in [5.74, 6) is 0.168. The Kier molecular flexibility index (Phi) is 3.71. The fourth-order valence-electron chi connectivity index (χ4n) is 4.47. The number of ketones is 1. The highest BCUT2D eigenvalue weighted by atomic mass is 16.1. The molecule has 0 aliphatic heterocycles. The molecule has 0 amide bonds. The topological polar surface area (TPSA) is 29.1 Å². The molecule has 0 aromatic heterocycles. The Bertz CT molecular complexity index is 1050. The number of carbonyl (C=O) groups is 1. The number of nitrogens with one attached hydrogen (secondary N) is 1. The van der Waals surface area contributed by atoms with Crippen LogP contribution in [0.4, 0.5) is 0 Å². The molecule has 2 aliphatic rings. The lowest BCUT2D eigenvalue weighted by molar-refractivity contribution is 0.102. The quantitative estimate of drug-likeness (QED) is 0.622. The zero-order valence-corrected chi connectivity index (χ0v) is 15.3. The molecule has 0 atom stereocenters. The number of benzene rings is 3. The highest BCUT2D eigenvalue weighted by Crippen LogP contribution is 2.43. The Labute approximate surface area is 159 Å². The highest BCUT2D eigenvalue weighted by molar-refractivity contribution is 6.11. The second kappa shape index (κ2) is 6.24. The van der Waals surface area contributed by atoms with Gasteiger partial charge in [-0.05, 0) is 47.6 Å². The second-order valence-electron chi connectivity index (χ2n) is 7.34. The Morgan fingerprint density at radius 2 is 1.33 bits per heavy atom. The molecule has 3 aromatic rings. The van der Waals surface area contributed by atoms with E-state index in [0.717, 1.165) is 35.2 Å². The van der Waals surface area contributed by atoms with Gasteiger partial charge in [-0.15, -0.1) is 0 Å². The summed E-state index contributed by atoms with van der Waals surface area (Å²) in [6, 6.07) is 25.1. The molecule has 2 heteroatoms. The number of allylic oxidation sites excluding steroid dienone is 2. The van der Waals surface area contributed by atoms with Crippen molar-refractivity contribution in [1.82, 2.24) is 5.32 Å². The van der Waals surface area contributed by atoms with Gasteiger partial charge in [0.1, 0.15) is 0 Å². The minimum atomic E-state index is 0.0925. The molecular formula is C25H21NO. The average Bonchev–Trinajstić information content (AvgIpc) is 3.03. The molecule has 0 unspecified atom stereocenters. The lowest BCUT2D eigenvalue weighted by Crippen LogP contribution is -2.24.